The van der Waals surface area contributed by atoms with E-state index in [2.05, 4.69) is 0 Å². The summed E-state index contributed by atoms with van der Waals surface area (Å²) < 4.78 is 54.9. The fraction of sp³-hybridized carbons (Fsp3) is 0.143. The number of rotatable bonds is 18. The maximum Gasteiger partial charge on any atom is 0.484 e. The SMILES string of the molecule is O=[N+]([O-])c1ccccc1COP(=O)(OCc1ccccc1[N+](=O)[O-])OP(=O)(OCc1ccccc1[N+](=O)[O-])OCc1ccccc1[N+](=O)[O-]. The lowest BCUT2D eigenvalue weighted by atomic mass is 10.2. The summed E-state index contributed by atoms with van der Waals surface area (Å²) >= 11 is 0. The summed E-state index contributed by atoms with van der Waals surface area (Å²) in [5.41, 5.74) is -2.40. The van der Waals surface area contributed by atoms with E-state index in [1.807, 2.05) is 0 Å². The number of nitro benzene ring substituents is 4. The van der Waals surface area contributed by atoms with Crippen LogP contribution in [0.4, 0.5) is 22.7 Å². The maximum absolute atomic E-state index is 14.2. The third kappa shape index (κ3) is 9.88. The number of phosphoric acid groups is 2. The van der Waals surface area contributed by atoms with Gasteiger partial charge in [0, 0.05) is 24.3 Å². The summed E-state index contributed by atoms with van der Waals surface area (Å²) in [4.78, 5) is 43.2. The van der Waals surface area contributed by atoms with Gasteiger partial charge in [0.1, 0.15) is 0 Å². The van der Waals surface area contributed by atoms with Gasteiger partial charge in [0.2, 0.25) is 0 Å². The van der Waals surface area contributed by atoms with Crippen molar-refractivity contribution in [2.24, 2.45) is 0 Å². The molecule has 0 amide bonds. The van der Waals surface area contributed by atoms with Crippen molar-refractivity contribution in [3.8, 4) is 0 Å². The average molecular weight is 718 g/mol. The number of para-hydroxylation sites is 4. The minimum Gasteiger partial charge on any atom is -0.281 e. The van der Waals surface area contributed by atoms with Crippen molar-refractivity contribution >= 4 is 38.4 Å². The van der Waals surface area contributed by atoms with Crippen LogP contribution in [0.25, 0.3) is 0 Å². The Bertz CT molecular complexity index is 1710. The fourth-order valence-corrected chi connectivity index (χ4v) is 7.20. The van der Waals surface area contributed by atoms with Gasteiger partial charge in [0.15, 0.2) is 0 Å². The van der Waals surface area contributed by atoms with E-state index in [4.69, 9.17) is 22.4 Å². The Labute approximate surface area is 275 Å². The Morgan fingerprint density at radius 3 is 0.816 bits per heavy atom. The predicted molar refractivity (Wildman–Crippen MR) is 168 cm³/mol. The normalized spacial score (nSPS) is 11.6. The van der Waals surface area contributed by atoms with Crippen molar-refractivity contribution in [2.75, 3.05) is 0 Å². The number of hydrogen-bond donors (Lipinski definition) is 0. The molecule has 0 saturated carbocycles. The summed E-state index contributed by atoms with van der Waals surface area (Å²) in [6.07, 6.45) is 0. The second kappa shape index (κ2) is 16.2. The second-order valence-corrected chi connectivity index (χ2v) is 13.1. The molecular weight excluding hydrogens is 694 g/mol. The molecule has 256 valence electrons. The molecule has 0 fully saturated rings. The van der Waals surface area contributed by atoms with Crippen LogP contribution in [-0.2, 0) is 58.0 Å². The van der Waals surface area contributed by atoms with Crippen molar-refractivity contribution in [3.63, 3.8) is 0 Å². The summed E-state index contributed by atoms with van der Waals surface area (Å²) in [7, 11) is -10.6. The zero-order valence-corrected chi connectivity index (χ0v) is 26.7. The highest BCUT2D eigenvalue weighted by Gasteiger charge is 2.42. The Balaban J connectivity index is 1.72. The van der Waals surface area contributed by atoms with Gasteiger partial charge in [0.05, 0.1) is 68.4 Å². The number of nitrogens with zero attached hydrogens (tertiary/aromatic N) is 4. The molecule has 4 aromatic carbocycles. The van der Waals surface area contributed by atoms with Crippen LogP contribution in [0.5, 0.6) is 0 Å². The number of nitro groups is 4. The number of benzene rings is 4. The van der Waals surface area contributed by atoms with E-state index in [-0.39, 0.29) is 22.3 Å². The molecule has 4 rings (SSSR count). The standard InChI is InChI=1S/C28H24N4O15P2/c33-29(34)25-13-5-1-9-21(25)17-43-48(41,44-18-22-10-2-6-14-26(22)30(35)36)47-49(42,45-19-23-11-3-7-15-27(23)31(37)38)46-20-24-12-4-8-16-28(24)32(39)40/h1-16H,17-20H2. The molecule has 0 N–H and O–H groups in total. The summed E-state index contributed by atoms with van der Waals surface area (Å²) in [5.74, 6) is 0. The lowest BCUT2D eigenvalue weighted by Crippen LogP contribution is -2.07. The third-order valence-corrected chi connectivity index (χ3v) is 9.85. The van der Waals surface area contributed by atoms with Crippen LogP contribution in [0.1, 0.15) is 22.3 Å². The summed E-state index contributed by atoms with van der Waals surface area (Å²) in [6.45, 7) is -3.39. The molecule has 49 heavy (non-hydrogen) atoms. The molecule has 0 atom stereocenters. The molecule has 0 saturated heterocycles. The van der Waals surface area contributed by atoms with Gasteiger partial charge in [0.25, 0.3) is 22.7 Å². The Kier molecular flexibility index (Phi) is 12.1. The van der Waals surface area contributed by atoms with E-state index in [9.17, 15) is 49.6 Å². The second-order valence-electron chi connectivity index (χ2n) is 9.61. The molecule has 0 aromatic heterocycles. The molecule has 0 unspecified atom stereocenters. The van der Waals surface area contributed by atoms with Crippen LogP contribution < -0.4 is 0 Å². The van der Waals surface area contributed by atoms with Gasteiger partial charge in [-0.2, -0.15) is 4.31 Å². The van der Waals surface area contributed by atoms with Crippen LogP contribution in [0.3, 0.4) is 0 Å². The van der Waals surface area contributed by atoms with Crippen molar-refractivity contribution in [3.05, 3.63) is 160 Å². The summed E-state index contributed by atoms with van der Waals surface area (Å²) in [6, 6.07) is 20.5. The van der Waals surface area contributed by atoms with Crippen LogP contribution >= 0.6 is 15.6 Å². The van der Waals surface area contributed by atoms with Crippen molar-refractivity contribution in [1.82, 2.24) is 0 Å². The third-order valence-electron chi connectivity index (χ3n) is 6.47. The molecule has 19 nitrogen and oxygen atoms in total. The fourth-order valence-electron chi connectivity index (χ4n) is 4.13. The van der Waals surface area contributed by atoms with Crippen LogP contribution in [0, 0.1) is 40.5 Å². The predicted octanol–water partition coefficient (Wildman–Crippen LogP) is 7.72. The van der Waals surface area contributed by atoms with Crippen molar-refractivity contribution in [1.29, 1.82) is 0 Å². The highest BCUT2D eigenvalue weighted by atomic mass is 31.3. The largest absolute Gasteiger partial charge is 0.484 e. The van der Waals surface area contributed by atoms with Gasteiger partial charge in [-0.25, -0.2) is 9.13 Å². The molecule has 21 heteroatoms. The highest BCUT2D eigenvalue weighted by Crippen LogP contribution is 2.67. The number of phosphoric ester groups is 2. The van der Waals surface area contributed by atoms with Crippen LogP contribution in [0.2, 0.25) is 0 Å². The number of hydrogen-bond acceptors (Lipinski definition) is 15. The molecule has 0 heterocycles. The molecular formula is C28H24N4O15P2. The first-order chi connectivity index (χ1) is 23.3. The molecule has 0 aliphatic carbocycles. The smallest absolute Gasteiger partial charge is 0.281 e. The summed E-state index contributed by atoms with van der Waals surface area (Å²) in [5, 5.41) is 46.2. The highest BCUT2D eigenvalue weighted by molar-refractivity contribution is 7.62. The van der Waals surface area contributed by atoms with E-state index >= 15 is 0 Å². The quantitative estimate of drug-likeness (QED) is 0.0542. The van der Waals surface area contributed by atoms with Crippen molar-refractivity contribution < 1.29 is 51.2 Å². The minimum atomic E-state index is -5.30. The van der Waals surface area contributed by atoms with Gasteiger partial charge < -0.3 is 0 Å². The Morgan fingerprint density at radius 2 is 0.612 bits per heavy atom. The maximum atomic E-state index is 14.2. The Morgan fingerprint density at radius 1 is 0.408 bits per heavy atom. The zero-order valence-electron chi connectivity index (χ0n) is 24.9. The van der Waals surface area contributed by atoms with Gasteiger partial charge in [-0.15, -0.1) is 0 Å². The lowest BCUT2D eigenvalue weighted by Gasteiger charge is -2.23. The first-order valence-electron chi connectivity index (χ1n) is 13.7. The van der Waals surface area contributed by atoms with Gasteiger partial charge >= 0.3 is 15.6 Å². The van der Waals surface area contributed by atoms with E-state index in [1.165, 1.54) is 72.8 Å². The molecule has 4 aromatic rings. The molecule has 0 spiro atoms. The van der Waals surface area contributed by atoms with E-state index < -0.39 is 84.5 Å². The topological polar surface area (TPSA) is 253 Å². The van der Waals surface area contributed by atoms with Gasteiger partial charge in [-0.3, -0.25) is 58.6 Å². The monoisotopic (exact) mass is 718 g/mol. The van der Waals surface area contributed by atoms with E-state index in [1.54, 1.807) is 0 Å². The van der Waals surface area contributed by atoms with Gasteiger partial charge in [-0.1, -0.05) is 48.5 Å². The molecule has 0 aliphatic heterocycles. The first kappa shape index (κ1) is 36.6. The lowest BCUT2D eigenvalue weighted by molar-refractivity contribution is -0.386. The van der Waals surface area contributed by atoms with Crippen molar-refractivity contribution in [2.45, 2.75) is 26.4 Å². The molecule has 0 radical (unpaired) electrons. The van der Waals surface area contributed by atoms with E-state index in [0.29, 0.717) is 0 Å². The zero-order chi connectivity index (χ0) is 35.6. The molecule has 0 bridgehead atoms. The first-order valence-corrected chi connectivity index (χ1v) is 16.6. The van der Waals surface area contributed by atoms with Crippen LogP contribution in [-0.4, -0.2) is 19.7 Å². The minimum absolute atomic E-state index is 0.137. The average Bonchev–Trinajstić information content (AvgIpc) is 3.08. The van der Waals surface area contributed by atoms with E-state index in [0.717, 1.165) is 24.3 Å². The van der Waals surface area contributed by atoms with Gasteiger partial charge in [-0.05, 0) is 24.3 Å². The van der Waals surface area contributed by atoms with Crippen LogP contribution in [0.15, 0.2) is 97.1 Å². The molecule has 0 aliphatic rings. The Hall–Kier alpha value is -5.26.